The minimum Gasteiger partial charge on any atom is -0.481 e. The summed E-state index contributed by atoms with van der Waals surface area (Å²) in [5.41, 5.74) is 5.63. The second kappa shape index (κ2) is 2.55. The monoisotopic (exact) mass is 135 g/mol. The normalized spacial score (nSPS) is 9.30. The Hall–Kier alpha value is -1.26. The highest BCUT2D eigenvalue weighted by Gasteiger charge is 1.98. The fraction of sp³-hybridized carbons (Fsp3) is 0.200. The number of hydrogen-bond acceptors (Lipinski definition) is 4. The lowest BCUT2D eigenvalue weighted by Gasteiger charge is -2.01. The van der Waals surface area contributed by atoms with Crippen LogP contribution in [0.3, 0.4) is 0 Å². The van der Waals surface area contributed by atoms with E-state index in [-0.39, 0.29) is 5.95 Å². The first-order valence-corrected chi connectivity index (χ1v) is 2.66. The molecule has 1 rings (SSSR count). The SMILES string of the molecule is [B]c1cnc(N)nc1OC. The smallest absolute Gasteiger partial charge is 0.223 e. The molecule has 50 valence electrons. The maximum Gasteiger partial charge on any atom is 0.223 e. The van der Waals surface area contributed by atoms with Crippen LogP contribution in [-0.2, 0) is 0 Å². The summed E-state index contributed by atoms with van der Waals surface area (Å²) >= 11 is 0. The molecule has 10 heavy (non-hydrogen) atoms. The zero-order valence-electron chi connectivity index (χ0n) is 5.53. The Balaban J connectivity index is 3.09. The number of nitrogens with zero attached hydrogens (tertiary/aromatic N) is 2. The Kier molecular flexibility index (Phi) is 1.75. The summed E-state index contributed by atoms with van der Waals surface area (Å²) in [6, 6.07) is 0. The molecular weight excluding hydrogens is 129 g/mol. The maximum atomic E-state index is 5.39. The molecule has 4 nitrogen and oxygen atoms in total. The molecule has 2 N–H and O–H groups in total. The first-order valence-electron chi connectivity index (χ1n) is 2.66. The van der Waals surface area contributed by atoms with Gasteiger partial charge in [-0.25, -0.2) is 4.98 Å². The van der Waals surface area contributed by atoms with Crippen molar-refractivity contribution in [2.45, 2.75) is 0 Å². The molecule has 1 heterocycles. The van der Waals surface area contributed by atoms with Crippen LogP contribution in [0.15, 0.2) is 6.20 Å². The molecule has 0 aromatic carbocycles. The number of rotatable bonds is 1. The molecule has 0 spiro atoms. The minimum absolute atomic E-state index is 0.158. The summed E-state index contributed by atoms with van der Waals surface area (Å²) in [5, 5.41) is 0. The number of nitrogen functional groups attached to an aromatic ring is 1. The number of methoxy groups -OCH3 is 1. The van der Waals surface area contributed by atoms with Crippen molar-refractivity contribution < 1.29 is 4.74 Å². The van der Waals surface area contributed by atoms with Crippen LogP contribution in [0.2, 0.25) is 0 Å². The maximum absolute atomic E-state index is 5.39. The van der Waals surface area contributed by atoms with Crippen LogP contribution in [0.25, 0.3) is 0 Å². The molecule has 0 fully saturated rings. The molecule has 0 unspecified atom stereocenters. The number of aromatic nitrogens is 2. The zero-order chi connectivity index (χ0) is 7.56. The lowest BCUT2D eigenvalue weighted by Crippen LogP contribution is -2.12. The van der Waals surface area contributed by atoms with Crippen LogP contribution in [0.4, 0.5) is 5.95 Å². The second-order valence-electron chi connectivity index (χ2n) is 1.69. The lowest BCUT2D eigenvalue weighted by atomic mass is 10.0. The summed E-state index contributed by atoms with van der Waals surface area (Å²) in [6.07, 6.45) is 1.40. The number of nitrogens with two attached hydrogens (primary N) is 1. The predicted molar refractivity (Wildman–Crippen MR) is 38.4 cm³/mol. The summed E-state index contributed by atoms with van der Waals surface area (Å²) in [4.78, 5) is 7.36. The summed E-state index contributed by atoms with van der Waals surface area (Å²) < 4.78 is 4.77. The van der Waals surface area contributed by atoms with E-state index in [0.717, 1.165) is 0 Å². The van der Waals surface area contributed by atoms with Gasteiger partial charge in [-0.2, -0.15) is 4.98 Å². The Labute approximate surface area is 59.8 Å². The topological polar surface area (TPSA) is 61.0 Å². The van der Waals surface area contributed by atoms with Gasteiger partial charge < -0.3 is 10.5 Å². The molecule has 0 saturated heterocycles. The van der Waals surface area contributed by atoms with Gasteiger partial charge in [0.15, 0.2) is 0 Å². The van der Waals surface area contributed by atoms with Crippen LogP contribution in [-0.4, -0.2) is 24.9 Å². The third-order valence-corrected chi connectivity index (χ3v) is 0.992. The van der Waals surface area contributed by atoms with Crippen molar-refractivity contribution in [2.75, 3.05) is 12.8 Å². The van der Waals surface area contributed by atoms with E-state index in [1.54, 1.807) is 0 Å². The van der Waals surface area contributed by atoms with E-state index in [1.165, 1.54) is 13.3 Å². The molecule has 0 bridgehead atoms. The van der Waals surface area contributed by atoms with Crippen LogP contribution in [0.1, 0.15) is 0 Å². The van der Waals surface area contributed by atoms with Gasteiger partial charge in [0, 0.05) is 6.20 Å². The van der Waals surface area contributed by atoms with Gasteiger partial charge in [0.2, 0.25) is 11.8 Å². The highest BCUT2D eigenvalue weighted by Crippen LogP contribution is 1.99. The van der Waals surface area contributed by atoms with Crippen LogP contribution < -0.4 is 15.9 Å². The molecule has 0 aliphatic heterocycles. The Morgan fingerprint density at radius 1 is 1.70 bits per heavy atom. The lowest BCUT2D eigenvalue weighted by molar-refractivity contribution is 0.401. The molecule has 0 aliphatic carbocycles. The average molecular weight is 135 g/mol. The molecular formula is C5H6BN3O. The van der Waals surface area contributed by atoms with Crippen LogP contribution in [0.5, 0.6) is 5.88 Å². The summed E-state index contributed by atoms with van der Waals surface area (Å²) in [7, 11) is 6.86. The van der Waals surface area contributed by atoms with E-state index < -0.39 is 0 Å². The van der Waals surface area contributed by atoms with Crippen molar-refractivity contribution in [1.29, 1.82) is 0 Å². The first kappa shape index (κ1) is 6.86. The molecule has 1 aromatic rings. The Bertz CT molecular complexity index is 240. The third kappa shape index (κ3) is 1.18. The van der Waals surface area contributed by atoms with Crippen LogP contribution in [0, 0.1) is 0 Å². The van der Waals surface area contributed by atoms with E-state index in [1.807, 2.05) is 0 Å². The summed E-state index contributed by atoms with van der Waals surface area (Å²) in [6.45, 7) is 0. The van der Waals surface area contributed by atoms with Gasteiger partial charge in [0.1, 0.15) is 7.85 Å². The van der Waals surface area contributed by atoms with E-state index in [2.05, 4.69) is 9.97 Å². The highest BCUT2D eigenvalue weighted by atomic mass is 16.5. The predicted octanol–water partition coefficient (Wildman–Crippen LogP) is -1.14. The molecule has 1 aromatic heterocycles. The van der Waals surface area contributed by atoms with Gasteiger partial charge in [-0.15, -0.1) is 0 Å². The molecule has 0 amide bonds. The number of hydrogen-bond donors (Lipinski definition) is 1. The standard InChI is InChI=1S/C5H6BN3O/c1-10-4-3(6)2-8-5(7)9-4/h2H,1H3,(H2,7,8,9). The molecule has 2 radical (unpaired) electrons. The van der Waals surface area contributed by atoms with Crippen molar-refractivity contribution in [2.24, 2.45) is 0 Å². The highest BCUT2D eigenvalue weighted by molar-refractivity contribution is 6.33. The van der Waals surface area contributed by atoms with Gasteiger partial charge in [0.05, 0.1) is 7.11 Å². The largest absolute Gasteiger partial charge is 0.481 e. The van der Waals surface area contributed by atoms with Crippen molar-refractivity contribution in [3.8, 4) is 5.88 Å². The second-order valence-corrected chi connectivity index (χ2v) is 1.69. The van der Waals surface area contributed by atoms with Gasteiger partial charge in [0.25, 0.3) is 0 Å². The van der Waals surface area contributed by atoms with E-state index >= 15 is 0 Å². The van der Waals surface area contributed by atoms with Crippen molar-refractivity contribution in [3.05, 3.63) is 6.20 Å². The van der Waals surface area contributed by atoms with Crippen LogP contribution >= 0.6 is 0 Å². The van der Waals surface area contributed by atoms with E-state index in [0.29, 0.717) is 11.3 Å². The average Bonchev–Trinajstić information content (AvgIpc) is 1.94. The van der Waals surface area contributed by atoms with Crippen molar-refractivity contribution in [3.63, 3.8) is 0 Å². The first-order chi connectivity index (χ1) is 4.74. The Morgan fingerprint density at radius 3 is 2.90 bits per heavy atom. The number of anilines is 1. The van der Waals surface area contributed by atoms with Gasteiger partial charge >= 0.3 is 0 Å². The van der Waals surface area contributed by atoms with Crippen molar-refractivity contribution >= 4 is 19.3 Å². The fourth-order valence-corrected chi connectivity index (χ4v) is 0.552. The van der Waals surface area contributed by atoms with Gasteiger partial charge in [-0.1, -0.05) is 0 Å². The van der Waals surface area contributed by atoms with Crippen molar-refractivity contribution in [1.82, 2.24) is 9.97 Å². The zero-order valence-corrected chi connectivity index (χ0v) is 5.53. The fourth-order valence-electron chi connectivity index (χ4n) is 0.552. The number of ether oxygens (including phenoxy) is 1. The quantitative estimate of drug-likeness (QED) is 0.494. The van der Waals surface area contributed by atoms with Gasteiger partial charge in [-0.05, 0) is 5.46 Å². The minimum atomic E-state index is 0.158. The third-order valence-electron chi connectivity index (χ3n) is 0.992. The van der Waals surface area contributed by atoms with E-state index in [4.69, 9.17) is 18.3 Å². The Morgan fingerprint density at radius 2 is 2.40 bits per heavy atom. The molecule has 5 heteroatoms. The molecule has 0 saturated carbocycles. The molecule has 0 aliphatic rings. The molecule has 0 atom stereocenters. The van der Waals surface area contributed by atoms with E-state index in [9.17, 15) is 0 Å². The summed E-state index contributed by atoms with van der Waals surface area (Å²) in [5.74, 6) is 0.471. The van der Waals surface area contributed by atoms with Gasteiger partial charge in [-0.3, -0.25) is 0 Å².